The van der Waals surface area contributed by atoms with Crippen LogP contribution in [0.15, 0.2) is 36.4 Å². The minimum absolute atomic E-state index is 0.0933. The van der Waals surface area contributed by atoms with E-state index in [9.17, 15) is 9.90 Å². The van der Waals surface area contributed by atoms with E-state index < -0.39 is 6.10 Å². The minimum atomic E-state index is -0.553. The predicted octanol–water partition coefficient (Wildman–Crippen LogP) is 2.72. The number of hydrogen-bond donors (Lipinski definition) is 2. The average Bonchev–Trinajstić information content (AvgIpc) is 2.94. The van der Waals surface area contributed by atoms with Crippen LogP contribution in [-0.4, -0.2) is 17.1 Å². The van der Waals surface area contributed by atoms with Crippen LogP contribution in [-0.2, 0) is 17.6 Å². The summed E-state index contributed by atoms with van der Waals surface area (Å²) >= 11 is 7.25. The standard InChI is InChI=1S/C15H14ClNO2S/c16-13-6-5-10(20-13)8-14(19)17-15-11-4-2-1-3-9(11)7-12(15)18/h1-6,12,15,18H,7-8H2,(H,17,19)/t12-,15+/m0/s1. The van der Waals surface area contributed by atoms with E-state index in [0.29, 0.717) is 17.2 Å². The molecule has 0 radical (unpaired) electrons. The summed E-state index contributed by atoms with van der Waals surface area (Å²) in [5.74, 6) is -0.0933. The first kappa shape index (κ1) is 13.6. The number of carbonyl (C=O) groups is 1. The van der Waals surface area contributed by atoms with E-state index in [4.69, 9.17) is 11.6 Å². The lowest BCUT2D eigenvalue weighted by molar-refractivity contribution is -0.121. The van der Waals surface area contributed by atoms with Gasteiger partial charge in [0, 0.05) is 11.3 Å². The van der Waals surface area contributed by atoms with Crippen LogP contribution in [0.25, 0.3) is 0 Å². The lowest BCUT2D eigenvalue weighted by Crippen LogP contribution is -2.34. The van der Waals surface area contributed by atoms with Crippen LogP contribution in [0.2, 0.25) is 4.34 Å². The Hall–Kier alpha value is -1.36. The van der Waals surface area contributed by atoms with Gasteiger partial charge in [0.05, 0.1) is 22.9 Å². The quantitative estimate of drug-likeness (QED) is 0.916. The highest BCUT2D eigenvalue weighted by Crippen LogP contribution is 2.31. The number of benzene rings is 1. The Morgan fingerprint density at radius 1 is 1.35 bits per heavy atom. The number of carbonyl (C=O) groups excluding carboxylic acids is 1. The Morgan fingerprint density at radius 3 is 2.90 bits per heavy atom. The number of halogens is 1. The van der Waals surface area contributed by atoms with Gasteiger partial charge in [0.15, 0.2) is 0 Å². The highest BCUT2D eigenvalue weighted by atomic mass is 35.5. The Bertz CT molecular complexity index is 640. The summed E-state index contributed by atoms with van der Waals surface area (Å²) in [5.41, 5.74) is 2.11. The second-order valence-electron chi connectivity index (χ2n) is 4.90. The number of aliphatic hydroxyl groups is 1. The maximum absolute atomic E-state index is 12.1. The monoisotopic (exact) mass is 307 g/mol. The molecule has 2 N–H and O–H groups in total. The third kappa shape index (κ3) is 2.73. The minimum Gasteiger partial charge on any atom is -0.390 e. The van der Waals surface area contributed by atoms with Gasteiger partial charge in [-0.1, -0.05) is 35.9 Å². The Morgan fingerprint density at radius 2 is 2.15 bits per heavy atom. The lowest BCUT2D eigenvalue weighted by Gasteiger charge is -2.17. The molecule has 2 atom stereocenters. The molecule has 104 valence electrons. The van der Waals surface area contributed by atoms with Crippen LogP contribution >= 0.6 is 22.9 Å². The van der Waals surface area contributed by atoms with Gasteiger partial charge in [0.25, 0.3) is 0 Å². The normalized spacial score (nSPS) is 20.7. The molecule has 5 heteroatoms. The van der Waals surface area contributed by atoms with Crippen molar-refractivity contribution in [3.05, 3.63) is 56.7 Å². The van der Waals surface area contributed by atoms with E-state index >= 15 is 0 Å². The van der Waals surface area contributed by atoms with Crippen molar-refractivity contribution < 1.29 is 9.90 Å². The maximum Gasteiger partial charge on any atom is 0.225 e. The van der Waals surface area contributed by atoms with Gasteiger partial charge >= 0.3 is 0 Å². The molecule has 2 aromatic rings. The van der Waals surface area contributed by atoms with Crippen molar-refractivity contribution in [3.63, 3.8) is 0 Å². The molecule has 0 unspecified atom stereocenters. The van der Waals surface area contributed by atoms with Crippen LogP contribution in [0.1, 0.15) is 22.0 Å². The van der Waals surface area contributed by atoms with Crippen molar-refractivity contribution in [1.29, 1.82) is 0 Å². The van der Waals surface area contributed by atoms with Crippen LogP contribution in [0.3, 0.4) is 0 Å². The van der Waals surface area contributed by atoms with E-state index in [0.717, 1.165) is 16.0 Å². The van der Waals surface area contributed by atoms with Gasteiger partial charge in [-0.2, -0.15) is 0 Å². The van der Waals surface area contributed by atoms with E-state index in [-0.39, 0.29) is 11.9 Å². The van der Waals surface area contributed by atoms with Crippen molar-refractivity contribution in [3.8, 4) is 0 Å². The van der Waals surface area contributed by atoms with Crippen LogP contribution in [0.4, 0.5) is 0 Å². The molecule has 0 spiro atoms. The molecule has 0 saturated heterocycles. The Labute approximate surface area is 126 Å². The fraction of sp³-hybridized carbons (Fsp3) is 0.267. The first-order valence-corrected chi connectivity index (χ1v) is 7.62. The SMILES string of the molecule is O=C(Cc1ccc(Cl)s1)N[C@@H]1c2ccccc2C[C@@H]1O. The van der Waals surface area contributed by atoms with Crippen LogP contribution in [0, 0.1) is 0 Å². The summed E-state index contributed by atoms with van der Waals surface area (Å²) in [5, 5.41) is 13.0. The molecule has 1 aromatic heterocycles. The summed E-state index contributed by atoms with van der Waals surface area (Å²) < 4.78 is 0.680. The number of rotatable bonds is 3. The zero-order chi connectivity index (χ0) is 14.1. The Balaban J connectivity index is 1.70. The number of fused-ring (bicyclic) bond motifs is 1. The average molecular weight is 308 g/mol. The van der Waals surface area contributed by atoms with Gasteiger partial charge in [-0.3, -0.25) is 4.79 Å². The highest BCUT2D eigenvalue weighted by molar-refractivity contribution is 7.16. The molecule has 1 amide bonds. The van der Waals surface area contributed by atoms with Crippen molar-refractivity contribution in [2.75, 3.05) is 0 Å². The first-order chi connectivity index (χ1) is 9.63. The summed E-state index contributed by atoms with van der Waals surface area (Å²) in [6, 6.07) is 11.1. The topological polar surface area (TPSA) is 49.3 Å². The second-order valence-corrected chi connectivity index (χ2v) is 6.70. The number of aliphatic hydroxyl groups excluding tert-OH is 1. The fourth-order valence-corrected chi connectivity index (χ4v) is 3.66. The summed E-state index contributed by atoms with van der Waals surface area (Å²) in [4.78, 5) is 13.0. The van der Waals surface area contributed by atoms with E-state index in [1.807, 2.05) is 30.3 Å². The largest absolute Gasteiger partial charge is 0.390 e. The zero-order valence-corrected chi connectivity index (χ0v) is 12.2. The summed E-state index contributed by atoms with van der Waals surface area (Å²) in [6.45, 7) is 0. The molecular weight excluding hydrogens is 294 g/mol. The van der Waals surface area contributed by atoms with Crippen molar-refractivity contribution in [2.24, 2.45) is 0 Å². The summed E-state index contributed by atoms with van der Waals surface area (Å²) in [6.07, 6.45) is 0.331. The molecule has 1 aliphatic rings. The Kier molecular flexibility index (Phi) is 3.78. The number of thiophene rings is 1. The van der Waals surface area contributed by atoms with Gasteiger partial charge in [-0.05, 0) is 23.3 Å². The zero-order valence-electron chi connectivity index (χ0n) is 10.7. The van der Waals surface area contributed by atoms with Crippen molar-refractivity contribution in [2.45, 2.75) is 25.0 Å². The molecule has 3 rings (SSSR count). The van der Waals surface area contributed by atoms with Crippen LogP contribution < -0.4 is 5.32 Å². The third-order valence-corrected chi connectivity index (χ3v) is 4.72. The lowest BCUT2D eigenvalue weighted by atomic mass is 10.1. The number of nitrogens with one attached hydrogen (secondary N) is 1. The highest BCUT2D eigenvalue weighted by Gasteiger charge is 2.31. The molecule has 1 aliphatic carbocycles. The molecule has 0 bridgehead atoms. The smallest absolute Gasteiger partial charge is 0.225 e. The van der Waals surface area contributed by atoms with Crippen molar-refractivity contribution >= 4 is 28.8 Å². The molecule has 0 aliphatic heterocycles. The molecule has 3 nitrogen and oxygen atoms in total. The van der Waals surface area contributed by atoms with Gasteiger partial charge < -0.3 is 10.4 Å². The molecule has 1 aromatic carbocycles. The maximum atomic E-state index is 12.1. The van der Waals surface area contributed by atoms with Gasteiger partial charge in [-0.15, -0.1) is 11.3 Å². The molecule has 1 heterocycles. The first-order valence-electron chi connectivity index (χ1n) is 6.43. The van der Waals surface area contributed by atoms with Gasteiger partial charge in [-0.25, -0.2) is 0 Å². The molecule has 20 heavy (non-hydrogen) atoms. The fourth-order valence-electron chi connectivity index (χ4n) is 2.58. The molecule has 0 saturated carbocycles. The van der Waals surface area contributed by atoms with Gasteiger partial charge in [0.2, 0.25) is 5.91 Å². The van der Waals surface area contributed by atoms with Crippen molar-refractivity contribution in [1.82, 2.24) is 5.32 Å². The third-order valence-electron chi connectivity index (χ3n) is 3.48. The number of amides is 1. The van der Waals surface area contributed by atoms with Crippen LogP contribution in [0.5, 0.6) is 0 Å². The molecule has 0 fully saturated rings. The number of hydrogen-bond acceptors (Lipinski definition) is 3. The predicted molar refractivity (Wildman–Crippen MR) is 80.1 cm³/mol. The van der Waals surface area contributed by atoms with E-state index in [1.165, 1.54) is 11.3 Å². The van der Waals surface area contributed by atoms with Gasteiger partial charge in [0.1, 0.15) is 0 Å². The second kappa shape index (κ2) is 5.56. The summed E-state index contributed by atoms with van der Waals surface area (Å²) in [7, 11) is 0. The van der Waals surface area contributed by atoms with E-state index in [1.54, 1.807) is 6.07 Å². The molecular formula is C15H14ClNO2S. The van der Waals surface area contributed by atoms with E-state index in [2.05, 4.69) is 5.32 Å².